The third-order valence-electron chi connectivity index (χ3n) is 6.95. The molecule has 0 aromatic heterocycles. The molecule has 212 valence electrons. The minimum absolute atomic E-state index is 0.101. The average Bonchev–Trinajstić information content (AvgIpc) is 2.90. The summed E-state index contributed by atoms with van der Waals surface area (Å²) in [5.74, 6) is -1.32. The number of benzene rings is 3. The predicted molar refractivity (Wildman–Crippen MR) is 134 cm³/mol. The van der Waals surface area contributed by atoms with E-state index in [1.807, 2.05) is 4.90 Å². The summed E-state index contributed by atoms with van der Waals surface area (Å²) in [7, 11) is -4.56. The SMILES string of the molecule is O=NC1CCN2c3ccc(-c4cc(F)cc(OC(F)F)c4)cc3N(S(=O)(=O)c3cccc(C(F)(F)F)c3)C[C@@H]2C1. The largest absolute Gasteiger partial charge is 0.435 e. The average molecular weight is 586 g/mol. The van der Waals surface area contributed by atoms with Crippen LogP contribution in [0.1, 0.15) is 18.4 Å². The van der Waals surface area contributed by atoms with Gasteiger partial charge in [-0.1, -0.05) is 17.3 Å². The van der Waals surface area contributed by atoms with Gasteiger partial charge < -0.3 is 9.64 Å². The second kappa shape index (κ2) is 10.3. The molecule has 40 heavy (non-hydrogen) atoms. The molecule has 1 saturated heterocycles. The highest BCUT2D eigenvalue weighted by Gasteiger charge is 2.41. The molecule has 1 unspecified atom stereocenters. The Kier molecular flexibility index (Phi) is 7.15. The molecule has 1 fully saturated rings. The van der Waals surface area contributed by atoms with E-state index < -0.39 is 56.9 Å². The molecule has 2 heterocycles. The summed E-state index contributed by atoms with van der Waals surface area (Å²) >= 11 is 0. The van der Waals surface area contributed by atoms with E-state index in [1.54, 1.807) is 12.1 Å². The minimum atomic E-state index is -4.78. The number of ether oxygens (including phenoxy) is 1. The molecule has 3 aromatic carbocycles. The van der Waals surface area contributed by atoms with Crippen LogP contribution in [0.15, 0.2) is 70.7 Å². The molecule has 5 rings (SSSR count). The van der Waals surface area contributed by atoms with Crippen LogP contribution in [0.5, 0.6) is 5.75 Å². The van der Waals surface area contributed by atoms with Gasteiger partial charge in [-0.15, -0.1) is 0 Å². The van der Waals surface area contributed by atoms with E-state index in [1.165, 1.54) is 6.07 Å². The lowest BCUT2D eigenvalue weighted by Gasteiger charge is -2.47. The Morgan fingerprint density at radius 2 is 1.75 bits per heavy atom. The van der Waals surface area contributed by atoms with Gasteiger partial charge in [-0.05, 0) is 66.4 Å². The molecular formula is C26H21F6N3O4S. The van der Waals surface area contributed by atoms with Gasteiger partial charge >= 0.3 is 12.8 Å². The number of anilines is 2. The molecule has 14 heteroatoms. The number of nitrogens with zero attached hydrogens (tertiary/aromatic N) is 3. The number of rotatable bonds is 6. The lowest BCUT2D eigenvalue weighted by atomic mass is 9.93. The van der Waals surface area contributed by atoms with Crippen molar-refractivity contribution in [1.82, 2.24) is 0 Å². The van der Waals surface area contributed by atoms with E-state index in [0.717, 1.165) is 40.7 Å². The first-order valence-electron chi connectivity index (χ1n) is 12.1. The molecular weight excluding hydrogens is 564 g/mol. The summed E-state index contributed by atoms with van der Waals surface area (Å²) < 4.78 is 113. The maximum atomic E-state index is 14.3. The van der Waals surface area contributed by atoms with Crippen LogP contribution in [0.4, 0.5) is 37.7 Å². The Balaban J connectivity index is 1.64. The van der Waals surface area contributed by atoms with Gasteiger partial charge in [0.25, 0.3) is 10.0 Å². The zero-order chi connectivity index (χ0) is 28.8. The van der Waals surface area contributed by atoms with Gasteiger partial charge in [-0.25, -0.2) is 12.8 Å². The first-order chi connectivity index (χ1) is 18.9. The Hall–Kier alpha value is -3.81. The molecule has 0 bridgehead atoms. The van der Waals surface area contributed by atoms with Gasteiger partial charge in [-0.2, -0.15) is 26.9 Å². The Bertz CT molecular complexity index is 1550. The van der Waals surface area contributed by atoms with Crippen LogP contribution in [0.25, 0.3) is 11.1 Å². The van der Waals surface area contributed by atoms with Gasteiger partial charge in [0.2, 0.25) is 0 Å². The highest BCUT2D eigenvalue weighted by molar-refractivity contribution is 7.92. The number of sulfonamides is 1. The number of piperidine rings is 1. The van der Waals surface area contributed by atoms with Crippen molar-refractivity contribution in [3.8, 4) is 16.9 Å². The van der Waals surface area contributed by atoms with Crippen molar-refractivity contribution in [3.05, 3.63) is 77.0 Å². The number of fused-ring (bicyclic) bond motifs is 3. The molecule has 0 spiro atoms. The fourth-order valence-electron chi connectivity index (χ4n) is 5.14. The second-order valence-electron chi connectivity index (χ2n) is 9.45. The maximum Gasteiger partial charge on any atom is 0.416 e. The van der Waals surface area contributed by atoms with Crippen molar-refractivity contribution >= 4 is 21.4 Å². The molecule has 7 nitrogen and oxygen atoms in total. The minimum Gasteiger partial charge on any atom is -0.435 e. The summed E-state index contributed by atoms with van der Waals surface area (Å²) in [6.07, 6.45) is -4.13. The van der Waals surface area contributed by atoms with Crippen LogP contribution >= 0.6 is 0 Å². The Labute approximate surface area is 225 Å². The third kappa shape index (κ3) is 5.31. The van der Waals surface area contributed by atoms with Crippen molar-refractivity contribution in [3.63, 3.8) is 0 Å². The van der Waals surface area contributed by atoms with E-state index in [9.17, 15) is 39.7 Å². The van der Waals surface area contributed by atoms with Crippen molar-refractivity contribution in [2.24, 2.45) is 5.18 Å². The van der Waals surface area contributed by atoms with Crippen molar-refractivity contribution in [2.45, 2.75) is 42.6 Å². The first-order valence-corrected chi connectivity index (χ1v) is 13.5. The fourth-order valence-corrected chi connectivity index (χ4v) is 6.69. The van der Waals surface area contributed by atoms with Crippen LogP contribution in [0.2, 0.25) is 0 Å². The zero-order valence-electron chi connectivity index (χ0n) is 20.5. The molecule has 2 aliphatic rings. The molecule has 0 amide bonds. The topological polar surface area (TPSA) is 79.3 Å². The van der Waals surface area contributed by atoms with E-state index in [-0.39, 0.29) is 29.8 Å². The number of halogens is 6. The quantitative estimate of drug-likeness (QED) is 0.246. The fraction of sp³-hybridized carbons (Fsp3) is 0.308. The molecule has 3 aromatic rings. The molecule has 0 N–H and O–H groups in total. The Morgan fingerprint density at radius 3 is 2.45 bits per heavy atom. The Morgan fingerprint density at radius 1 is 0.975 bits per heavy atom. The van der Waals surface area contributed by atoms with Gasteiger partial charge in [-0.3, -0.25) is 4.31 Å². The number of hydrogen-bond donors (Lipinski definition) is 0. The van der Waals surface area contributed by atoms with E-state index >= 15 is 0 Å². The van der Waals surface area contributed by atoms with Crippen molar-refractivity contribution < 1.29 is 39.5 Å². The lowest BCUT2D eigenvalue weighted by molar-refractivity contribution is -0.137. The van der Waals surface area contributed by atoms with Gasteiger partial charge in [0.05, 0.1) is 34.4 Å². The predicted octanol–water partition coefficient (Wildman–Crippen LogP) is 6.43. The third-order valence-corrected chi connectivity index (χ3v) is 8.72. The van der Waals surface area contributed by atoms with Gasteiger partial charge in [0, 0.05) is 18.7 Å². The van der Waals surface area contributed by atoms with Gasteiger partial charge in [0.1, 0.15) is 11.6 Å². The smallest absolute Gasteiger partial charge is 0.416 e. The van der Waals surface area contributed by atoms with E-state index in [0.29, 0.717) is 24.7 Å². The maximum absolute atomic E-state index is 14.3. The summed E-state index contributed by atoms with van der Waals surface area (Å²) in [4.78, 5) is 12.5. The van der Waals surface area contributed by atoms with Gasteiger partial charge in [0.15, 0.2) is 0 Å². The molecule has 0 radical (unpaired) electrons. The first kappa shape index (κ1) is 27.7. The number of nitroso groups, excluding NO2 is 1. The summed E-state index contributed by atoms with van der Waals surface area (Å²) in [6.45, 7) is -3.02. The van der Waals surface area contributed by atoms with Crippen LogP contribution in [0, 0.1) is 10.7 Å². The van der Waals surface area contributed by atoms with Crippen LogP contribution in [0.3, 0.4) is 0 Å². The molecule has 0 saturated carbocycles. The lowest BCUT2D eigenvalue weighted by Crippen LogP contribution is -2.55. The molecule has 0 aliphatic carbocycles. The van der Waals surface area contributed by atoms with Crippen LogP contribution in [-0.2, 0) is 16.2 Å². The molecule has 2 aliphatic heterocycles. The monoisotopic (exact) mass is 585 g/mol. The molecule has 2 atom stereocenters. The highest BCUT2D eigenvalue weighted by atomic mass is 32.2. The number of alkyl halides is 5. The number of hydrogen-bond acceptors (Lipinski definition) is 6. The van der Waals surface area contributed by atoms with Crippen LogP contribution in [-0.4, -0.2) is 40.2 Å². The highest BCUT2D eigenvalue weighted by Crippen LogP contribution is 2.44. The normalized spacial score (nSPS) is 19.3. The summed E-state index contributed by atoms with van der Waals surface area (Å²) in [6, 6.07) is 9.81. The van der Waals surface area contributed by atoms with Crippen molar-refractivity contribution in [2.75, 3.05) is 22.3 Å². The standard InChI is InChI=1S/C26H21F6N3O4S/c27-18-8-16(9-21(12-18)39-25(28)29)15-4-5-23-24(10-15)35(14-20-13-19(33-36)6-7-34(20)23)40(37,38)22-3-1-2-17(11-22)26(30,31)32/h1-5,8-12,19-20,25H,6-7,13-14H2/t19?,20-/m0/s1. The van der Waals surface area contributed by atoms with E-state index in [4.69, 9.17) is 0 Å². The van der Waals surface area contributed by atoms with Crippen LogP contribution < -0.4 is 13.9 Å². The summed E-state index contributed by atoms with van der Waals surface area (Å²) in [5.41, 5.74) is -0.245. The zero-order valence-corrected chi connectivity index (χ0v) is 21.3. The van der Waals surface area contributed by atoms with Crippen molar-refractivity contribution in [1.29, 1.82) is 0 Å². The van der Waals surface area contributed by atoms with E-state index in [2.05, 4.69) is 9.91 Å². The summed E-state index contributed by atoms with van der Waals surface area (Å²) in [5, 5.41) is 3.10. The second-order valence-corrected chi connectivity index (χ2v) is 11.3.